The molecule has 0 spiro atoms. The van der Waals surface area contributed by atoms with Crippen molar-refractivity contribution in [2.45, 2.75) is 38.6 Å². The molecular weight excluding hydrogens is 270 g/mol. The van der Waals surface area contributed by atoms with Gasteiger partial charge in [-0.3, -0.25) is 0 Å². The van der Waals surface area contributed by atoms with Crippen LogP contribution in [0, 0.1) is 6.92 Å². The van der Waals surface area contributed by atoms with Crippen molar-refractivity contribution >= 4 is 29.0 Å². The van der Waals surface area contributed by atoms with Gasteiger partial charge in [-0.05, 0) is 32.9 Å². The number of nitrogens with one attached hydrogen (secondary N) is 1. The number of alkyl halides is 1. The first-order valence-corrected chi connectivity index (χ1v) is 7.09. The molecule has 2 aromatic rings. The Kier molecular flexibility index (Phi) is 4.24. The van der Waals surface area contributed by atoms with Crippen LogP contribution in [0.2, 0.25) is 0 Å². The van der Waals surface area contributed by atoms with Crippen molar-refractivity contribution in [3.05, 3.63) is 27.8 Å². The van der Waals surface area contributed by atoms with Crippen LogP contribution in [0.25, 0.3) is 0 Å². The molecule has 0 aliphatic carbocycles. The second-order valence-electron chi connectivity index (χ2n) is 4.32. The van der Waals surface area contributed by atoms with Gasteiger partial charge >= 0.3 is 6.01 Å². The monoisotopic (exact) mass is 285 g/mol. The molecule has 2 atom stereocenters. The van der Waals surface area contributed by atoms with Crippen LogP contribution in [0.5, 0.6) is 0 Å². The van der Waals surface area contributed by atoms with Crippen LogP contribution >= 0.6 is 22.9 Å². The number of aryl methyl sites for hydroxylation is 1. The first-order valence-electron chi connectivity index (χ1n) is 5.84. The second-order valence-corrected chi connectivity index (χ2v) is 6.35. The van der Waals surface area contributed by atoms with E-state index in [4.69, 9.17) is 16.0 Å². The summed E-state index contributed by atoms with van der Waals surface area (Å²) in [6.07, 6.45) is 0.937. The molecule has 6 heteroatoms. The smallest absolute Gasteiger partial charge is 0.315 e. The molecule has 2 aromatic heterocycles. The molecule has 2 unspecified atom stereocenters. The molecule has 4 nitrogen and oxygen atoms in total. The van der Waals surface area contributed by atoms with Crippen molar-refractivity contribution in [1.29, 1.82) is 0 Å². The summed E-state index contributed by atoms with van der Waals surface area (Å²) in [5.41, 5.74) is 0. The Bertz CT molecular complexity index is 509. The molecule has 0 amide bonds. The van der Waals surface area contributed by atoms with Crippen LogP contribution in [0.4, 0.5) is 6.01 Å². The third-order valence-electron chi connectivity index (χ3n) is 2.45. The summed E-state index contributed by atoms with van der Waals surface area (Å²) >= 11 is 7.67. The van der Waals surface area contributed by atoms with Gasteiger partial charge in [-0.2, -0.15) is 0 Å². The lowest BCUT2D eigenvalue weighted by atomic mass is 10.2. The maximum Gasteiger partial charge on any atom is 0.315 e. The SMILES string of the molecule is Cc1ccc(CC(C)Nc2nnc(C(C)Cl)o2)s1. The third-order valence-corrected chi connectivity index (χ3v) is 3.66. The Morgan fingerprint density at radius 3 is 2.72 bits per heavy atom. The van der Waals surface area contributed by atoms with E-state index in [1.165, 1.54) is 9.75 Å². The van der Waals surface area contributed by atoms with E-state index in [-0.39, 0.29) is 11.4 Å². The number of hydrogen-bond donors (Lipinski definition) is 1. The number of anilines is 1. The van der Waals surface area contributed by atoms with Crippen LogP contribution in [-0.2, 0) is 6.42 Å². The maximum absolute atomic E-state index is 5.86. The fourth-order valence-electron chi connectivity index (χ4n) is 1.61. The number of nitrogens with zero attached hydrogens (tertiary/aromatic N) is 2. The topological polar surface area (TPSA) is 51.0 Å². The minimum Gasteiger partial charge on any atom is -0.406 e. The summed E-state index contributed by atoms with van der Waals surface area (Å²) in [6.45, 7) is 6.00. The minimum atomic E-state index is -0.261. The number of thiophene rings is 1. The largest absolute Gasteiger partial charge is 0.406 e. The highest BCUT2D eigenvalue weighted by atomic mass is 35.5. The zero-order valence-electron chi connectivity index (χ0n) is 10.6. The zero-order valence-corrected chi connectivity index (χ0v) is 12.2. The van der Waals surface area contributed by atoms with Crippen LogP contribution < -0.4 is 5.32 Å². The minimum absolute atomic E-state index is 0.238. The number of halogens is 1. The number of hydrogen-bond acceptors (Lipinski definition) is 5. The van der Waals surface area contributed by atoms with E-state index in [9.17, 15) is 0 Å². The zero-order chi connectivity index (χ0) is 13.1. The van der Waals surface area contributed by atoms with Gasteiger partial charge < -0.3 is 9.73 Å². The molecule has 2 heterocycles. The van der Waals surface area contributed by atoms with Crippen molar-refractivity contribution < 1.29 is 4.42 Å². The highest BCUT2D eigenvalue weighted by Crippen LogP contribution is 2.21. The molecule has 0 aliphatic rings. The molecule has 2 rings (SSSR count). The van der Waals surface area contributed by atoms with Gasteiger partial charge in [0.1, 0.15) is 5.38 Å². The molecule has 1 N–H and O–H groups in total. The van der Waals surface area contributed by atoms with Gasteiger partial charge in [0.15, 0.2) is 0 Å². The van der Waals surface area contributed by atoms with Gasteiger partial charge in [-0.15, -0.1) is 28.0 Å². The van der Waals surface area contributed by atoms with Crippen LogP contribution in [0.15, 0.2) is 16.5 Å². The molecular formula is C12H16ClN3OS. The van der Waals surface area contributed by atoms with Crippen molar-refractivity contribution in [3.8, 4) is 0 Å². The molecule has 98 valence electrons. The van der Waals surface area contributed by atoms with E-state index < -0.39 is 0 Å². The summed E-state index contributed by atoms with van der Waals surface area (Å²) in [7, 11) is 0. The normalized spacial score (nSPS) is 14.4. The Labute approximate surface area is 115 Å². The Morgan fingerprint density at radius 1 is 1.39 bits per heavy atom. The van der Waals surface area contributed by atoms with Crippen molar-refractivity contribution in [1.82, 2.24) is 10.2 Å². The van der Waals surface area contributed by atoms with Gasteiger partial charge in [0, 0.05) is 22.2 Å². The Hall–Kier alpha value is -1.07. The Balaban J connectivity index is 1.92. The fourth-order valence-corrected chi connectivity index (χ4v) is 2.72. The summed E-state index contributed by atoms with van der Waals surface area (Å²) in [5, 5.41) is 10.7. The highest BCUT2D eigenvalue weighted by molar-refractivity contribution is 7.11. The molecule has 0 aliphatic heterocycles. The summed E-state index contributed by atoms with van der Waals surface area (Å²) < 4.78 is 5.40. The van der Waals surface area contributed by atoms with Gasteiger partial charge in [0.25, 0.3) is 0 Å². The van der Waals surface area contributed by atoms with Gasteiger partial charge in [0.2, 0.25) is 5.89 Å². The summed E-state index contributed by atoms with van der Waals surface area (Å²) in [5.74, 6) is 0.443. The number of aromatic nitrogens is 2. The third kappa shape index (κ3) is 3.46. The standard InChI is InChI=1S/C12H16ClN3OS/c1-7(6-10-5-4-8(2)18-10)14-12-16-15-11(17-12)9(3)13/h4-5,7,9H,6H2,1-3H3,(H,14,16). The maximum atomic E-state index is 5.86. The molecule has 0 saturated carbocycles. The van der Waals surface area contributed by atoms with E-state index in [1.54, 1.807) is 6.92 Å². The Morgan fingerprint density at radius 2 is 2.17 bits per heavy atom. The average molecular weight is 286 g/mol. The molecule has 0 saturated heterocycles. The van der Waals surface area contributed by atoms with E-state index >= 15 is 0 Å². The van der Waals surface area contributed by atoms with Crippen LogP contribution in [0.1, 0.15) is 34.9 Å². The van der Waals surface area contributed by atoms with E-state index in [1.807, 2.05) is 11.3 Å². The lowest BCUT2D eigenvalue weighted by molar-refractivity contribution is 0.500. The van der Waals surface area contributed by atoms with Gasteiger partial charge in [0.05, 0.1) is 0 Å². The lowest BCUT2D eigenvalue weighted by Gasteiger charge is -2.09. The number of rotatable bonds is 5. The van der Waals surface area contributed by atoms with Gasteiger partial charge in [-0.1, -0.05) is 5.10 Å². The summed E-state index contributed by atoms with van der Waals surface area (Å²) in [6, 6.07) is 4.95. The van der Waals surface area contributed by atoms with Crippen molar-refractivity contribution in [2.24, 2.45) is 0 Å². The molecule has 0 radical (unpaired) electrons. The predicted molar refractivity (Wildman–Crippen MR) is 74.4 cm³/mol. The van der Waals surface area contributed by atoms with Crippen molar-refractivity contribution in [3.63, 3.8) is 0 Å². The molecule has 0 aromatic carbocycles. The lowest BCUT2D eigenvalue weighted by Crippen LogP contribution is -2.17. The molecule has 0 bridgehead atoms. The van der Waals surface area contributed by atoms with Gasteiger partial charge in [-0.25, -0.2) is 0 Å². The predicted octanol–water partition coefficient (Wildman–Crippen LogP) is 3.78. The fraction of sp³-hybridized carbons (Fsp3) is 0.500. The van der Waals surface area contributed by atoms with Crippen LogP contribution in [-0.4, -0.2) is 16.2 Å². The van der Waals surface area contributed by atoms with E-state index in [2.05, 4.69) is 41.5 Å². The quantitative estimate of drug-likeness (QED) is 0.850. The molecule has 18 heavy (non-hydrogen) atoms. The second kappa shape index (κ2) is 5.71. The molecule has 0 fully saturated rings. The van der Waals surface area contributed by atoms with E-state index in [0.29, 0.717) is 11.9 Å². The first-order chi connectivity index (χ1) is 8.54. The first kappa shape index (κ1) is 13.4. The highest BCUT2D eigenvalue weighted by Gasteiger charge is 2.13. The summed E-state index contributed by atoms with van der Waals surface area (Å²) in [4.78, 5) is 2.67. The van der Waals surface area contributed by atoms with Crippen LogP contribution in [0.3, 0.4) is 0 Å². The van der Waals surface area contributed by atoms with E-state index in [0.717, 1.165) is 6.42 Å². The van der Waals surface area contributed by atoms with Crippen molar-refractivity contribution in [2.75, 3.05) is 5.32 Å². The average Bonchev–Trinajstić information content (AvgIpc) is 2.88.